The first-order valence-corrected chi connectivity index (χ1v) is 12.4. The lowest BCUT2D eigenvalue weighted by atomic mass is 10.1. The van der Waals surface area contributed by atoms with Gasteiger partial charge in [-0.05, 0) is 48.4 Å². The Hall–Kier alpha value is -3.07. The summed E-state index contributed by atoms with van der Waals surface area (Å²) < 4.78 is 38.8. The molecule has 0 fully saturated rings. The van der Waals surface area contributed by atoms with Crippen molar-refractivity contribution in [1.82, 2.24) is 9.62 Å². The maximum Gasteiger partial charge on any atom is 0.247 e. The SMILES string of the molecule is COc1ccc([C@@H](C)NC(=O)CN(Cc2ccccc2)S(=O)(=O)c2cc(Cl)ccc2OC)cc1. The summed E-state index contributed by atoms with van der Waals surface area (Å²) in [6.45, 7) is 1.45. The topological polar surface area (TPSA) is 84.9 Å². The lowest BCUT2D eigenvalue weighted by molar-refractivity contribution is -0.122. The van der Waals surface area contributed by atoms with Crippen LogP contribution in [0.25, 0.3) is 0 Å². The molecule has 1 N–H and O–H groups in total. The van der Waals surface area contributed by atoms with Gasteiger partial charge in [-0.3, -0.25) is 4.79 Å². The average molecular weight is 503 g/mol. The fourth-order valence-electron chi connectivity index (χ4n) is 3.43. The Morgan fingerprint density at radius 1 is 1.00 bits per heavy atom. The molecule has 0 aliphatic rings. The minimum absolute atomic E-state index is 0.00315. The Morgan fingerprint density at radius 3 is 2.29 bits per heavy atom. The number of hydrogen-bond donors (Lipinski definition) is 1. The molecule has 1 atom stereocenters. The van der Waals surface area contributed by atoms with E-state index in [1.165, 1.54) is 19.2 Å². The number of halogens is 1. The van der Waals surface area contributed by atoms with E-state index in [4.69, 9.17) is 21.1 Å². The van der Waals surface area contributed by atoms with E-state index in [9.17, 15) is 13.2 Å². The molecule has 0 unspecified atom stereocenters. The average Bonchev–Trinajstić information content (AvgIpc) is 2.84. The van der Waals surface area contributed by atoms with Gasteiger partial charge in [-0.15, -0.1) is 0 Å². The molecule has 180 valence electrons. The molecule has 0 radical (unpaired) electrons. The molecule has 0 heterocycles. The highest BCUT2D eigenvalue weighted by atomic mass is 35.5. The molecule has 0 aliphatic carbocycles. The van der Waals surface area contributed by atoms with Crippen molar-refractivity contribution in [2.45, 2.75) is 24.4 Å². The third kappa shape index (κ3) is 6.28. The Balaban J connectivity index is 1.87. The summed E-state index contributed by atoms with van der Waals surface area (Å²) >= 11 is 6.08. The second-order valence-electron chi connectivity index (χ2n) is 7.62. The molecule has 9 heteroatoms. The van der Waals surface area contributed by atoms with Crippen molar-refractivity contribution in [3.8, 4) is 11.5 Å². The Labute approximate surface area is 205 Å². The Bertz CT molecular complexity index is 1220. The van der Waals surface area contributed by atoms with Crippen molar-refractivity contribution in [3.05, 3.63) is 88.9 Å². The van der Waals surface area contributed by atoms with Crippen LogP contribution < -0.4 is 14.8 Å². The molecule has 3 aromatic carbocycles. The van der Waals surface area contributed by atoms with Gasteiger partial charge in [-0.1, -0.05) is 54.1 Å². The summed E-state index contributed by atoms with van der Waals surface area (Å²) in [5, 5.41) is 3.12. The van der Waals surface area contributed by atoms with Crippen LogP contribution in [-0.2, 0) is 21.4 Å². The Kier molecular flexibility index (Phi) is 8.55. The van der Waals surface area contributed by atoms with Crippen molar-refractivity contribution >= 4 is 27.5 Å². The normalized spacial score (nSPS) is 12.3. The van der Waals surface area contributed by atoms with Crippen LogP contribution in [0.2, 0.25) is 5.02 Å². The highest BCUT2D eigenvalue weighted by Gasteiger charge is 2.30. The molecule has 0 spiro atoms. The molecule has 7 nitrogen and oxygen atoms in total. The Morgan fingerprint density at radius 2 is 1.68 bits per heavy atom. The predicted octanol–water partition coefficient (Wildman–Crippen LogP) is 4.43. The highest BCUT2D eigenvalue weighted by molar-refractivity contribution is 7.89. The number of nitrogens with zero attached hydrogens (tertiary/aromatic N) is 1. The first kappa shape index (κ1) is 25.6. The summed E-state index contributed by atoms with van der Waals surface area (Å²) in [6.07, 6.45) is 0. The largest absolute Gasteiger partial charge is 0.497 e. The standard InChI is InChI=1S/C25H27ClN2O5S/c1-18(20-9-12-22(32-2)13-10-20)27-25(29)17-28(16-19-7-5-4-6-8-19)34(30,31)24-15-21(26)11-14-23(24)33-3/h4-15,18H,16-17H2,1-3H3,(H,27,29)/t18-/m1/s1. The second-order valence-corrected chi connectivity index (χ2v) is 9.96. The first-order chi connectivity index (χ1) is 16.2. The minimum atomic E-state index is -4.12. The fraction of sp³-hybridized carbons (Fsp3) is 0.240. The zero-order chi connectivity index (χ0) is 24.7. The van der Waals surface area contributed by atoms with E-state index in [2.05, 4.69) is 5.32 Å². The fourth-order valence-corrected chi connectivity index (χ4v) is 5.23. The van der Waals surface area contributed by atoms with Crippen LogP contribution in [-0.4, -0.2) is 39.4 Å². The van der Waals surface area contributed by atoms with E-state index >= 15 is 0 Å². The molecule has 0 aromatic heterocycles. The molecule has 3 rings (SSSR count). The van der Waals surface area contributed by atoms with E-state index < -0.39 is 15.9 Å². The third-order valence-electron chi connectivity index (χ3n) is 5.26. The molecule has 1 amide bonds. The van der Waals surface area contributed by atoms with E-state index in [0.29, 0.717) is 5.75 Å². The van der Waals surface area contributed by atoms with E-state index in [1.807, 2.05) is 37.3 Å². The quantitative estimate of drug-likeness (QED) is 0.443. The van der Waals surface area contributed by atoms with Crippen LogP contribution in [0.4, 0.5) is 0 Å². The summed E-state index contributed by atoms with van der Waals surface area (Å²) in [5.74, 6) is 0.413. The van der Waals surface area contributed by atoms with Gasteiger partial charge in [0.15, 0.2) is 0 Å². The van der Waals surface area contributed by atoms with E-state index in [0.717, 1.165) is 15.4 Å². The zero-order valence-electron chi connectivity index (χ0n) is 19.2. The van der Waals surface area contributed by atoms with Crippen molar-refractivity contribution in [2.75, 3.05) is 20.8 Å². The van der Waals surface area contributed by atoms with Crippen molar-refractivity contribution in [1.29, 1.82) is 0 Å². The van der Waals surface area contributed by atoms with Gasteiger partial charge in [0.2, 0.25) is 15.9 Å². The molecule has 3 aromatic rings. The molecule has 34 heavy (non-hydrogen) atoms. The van der Waals surface area contributed by atoms with Gasteiger partial charge in [0, 0.05) is 11.6 Å². The zero-order valence-corrected chi connectivity index (χ0v) is 20.8. The van der Waals surface area contributed by atoms with Gasteiger partial charge in [0.05, 0.1) is 26.8 Å². The monoisotopic (exact) mass is 502 g/mol. The minimum Gasteiger partial charge on any atom is -0.497 e. The van der Waals surface area contributed by atoms with Gasteiger partial charge in [0.1, 0.15) is 16.4 Å². The lowest BCUT2D eigenvalue weighted by Gasteiger charge is -2.24. The maximum absolute atomic E-state index is 13.6. The van der Waals surface area contributed by atoms with Gasteiger partial charge in [-0.2, -0.15) is 4.31 Å². The number of rotatable bonds is 10. The maximum atomic E-state index is 13.6. The summed E-state index contributed by atoms with van der Waals surface area (Å²) in [4.78, 5) is 12.8. The van der Waals surface area contributed by atoms with Crippen LogP contribution in [0.3, 0.4) is 0 Å². The number of carbonyl (C=O) groups is 1. The number of nitrogens with one attached hydrogen (secondary N) is 1. The summed E-state index contributed by atoms with van der Waals surface area (Å²) in [6, 6.07) is 20.4. The summed E-state index contributed by atoms with van der Waals surface area (Å²) in [7, 11) is -1.16. The van der Waals surface area contributed by atoms with Crippen LogP contribution in [0, 0.1) is 0 Å². The second kappa shape index (κ2) is 11.4. The number of ether oxygens (including phenoxy) is 2. The molecule has 0 saturated heterocycles. The van der Waals surface area contributed by atoms with Crippen molar-refractivity contribution < 1.29 is 22.7 Å². The van der Waals surface area contributed by atoms with Crippen LogP contribution in [0.15, 0.2) is 77.7 Å². The van der Waals surface area contributed by atoms with Crippen molar-refractivity contribution in [2.24, 2.45) is 0 Å². The lowest BCUT2D eigenvalue weighted by Crippen LogP contribution is -2.41. The summed E-state index contributed by atoms with van der Waals surface area (Å²) in [5.41, 5.74) is 1.60. The highest BCUT2D eigenvalue weighted by Crippen LogP contribution is 2.30. The van der Waals surface area contributed by atoms with Crippen LogP contribution in [0.5, 0.6) is 11.5 Å². The van der Waals surface area contributed by atoms with Gasteiger partial charge < -0.3 is 14.8 Å². The van der Waals surface area contributed by atoms with E-state index in [1.54, 1.807) is 37.4 Å². The van der Waals surface area contributed by atoms with Gasteiger partial charge in [0.25, 0.3) is 0 Å². The number of methoxy groups -OCH3 is 2. The molecular formula is C25H27ClN2O5S. The molecular weight excluding hydrogens is 476 g/mol. The third-order valence-corrected chi connectivity index (χ3v) is 7.31. The number of amides is 1. The molecule has 0 bridgehead atoms. The first-order valence-electron chi connectivity index (χ1n) is 10.6. The van der Waals surface area contributed by atoms with Crippen LogP contribution >= 0.6 is 11.6 Å². The van der Waals surface area contributed by atoms with Gasteiger partial charge >= 0.3 is 0 Å². The predicted molar refractivity (Wildman–Crippen MR) is 132 cm³/mol. The number of carbonyl (C=O) groups excluding carboxylic acids is 1. The van der Waals surface area contributed by atoms with E-state index in [-0.39, 0.29) is 34.8 Å². The van der Waals surface area contributed by atoms with Gasteiger partial charge in [-0.25, -0.2) is 8.42 Å². The number of benzene rings is 3. The molecule has 0 saturated carbocycles. The van der Waals surface area contributed by atoms with Crippen LogP contribution in [0.1, 0.15) is 24.1 Å². The smallest absolute Gasteiger partial charge is 0.247 e. The number of sulfonamides is 1. The van der Waals surface area contributed by atoms with Crippen molar-refractivity contribution in [3.63, 3.8) is 0 Å². The number of hydrogen-bond acceptors (Lipinski definition) is 5. The molecule has 0 aliphatic heterocycles.